The molecule has 1 aliphatic heterocycles. The summed E-state index contributed by atoms with van der Waals surface area (Å²) in [5.74, 6) is -1.86. The lowest BCUT2D eigenvalue weighted by molar-refractivity contribution is 0.244. The first-order chi connectivity index (χ1) is 17.3. The lowest BCUT2D eigenvalue weighted by Crippen LogP contribution is -2.46. The highest BCUT2D eigenvalue weighted by atomic mass is 19.1. The minimum Gasteiger partial charge on any atom is -0.334 e. The summed E-state index contributed by atoms with van der Waals surface area (Å²) in [4.78, 5) is 18.8. The third-order valence-electron chi connectivity index (χ3n) is 6.05. The Balaban J connectivity index is 1.66. The Labute approximate surface area is 205 Å². The van der Waals surface area contributed by atoms with Crippen LogP contribution in [0.4, 0.5) is 23.7 Å². The molecule has 6 nitrogen and oxygen atoms in total. The van der Waals surface area contributed by atoms with Crippen LogP contribution in [0.1, 0.15) is 36.9 Å². The van der Waals surface area contributed by atoms with Crippen molar-refractivity contribution in [1.29, 1.82) is 0 Å². The normalized spacial score (nSPS) is 15.9. The van der Waals surface area contributed by atoms with Gasteiger partial charge in [-0.2, -0.15) is 4.98 Å². The van der Waals surface area contributed by atoms with Crippen molar-refractivity contribution in [1.82, 2.24) is 15.5 Å². The molecule has 4 aromatic rings. The maximum absolute atomic E-state index is 14.0. The Morgan fingerprint density at radius 2 is 1.69 bits per heavy atom. The monoisotopic (exact) mass is 490 g/mol. The van der Waals surface area contributed by atoms with Crippen LogP contribution >= 0.6 is 0 Å². The Bertz CT molecular complexity index is 1460. The van der Waals surface area contributed by atoms with E-state index in [2.05, 4.69) is 15.5 Å². The summed E-state index contributed by atoms with van der Waals surface area (Å²) in [5.41, 5.74) is 3.08. The summed E-state index contributed by atoms with van der Waals surface area (Å²) in [5, 5.41) is 6.89. The molecule has 9 heteroatoms. The number of allylic oxidation sites excluding steroid dienone is 1. The Morgan fingerprint density at radius 1 is 0.972 bits per heavy atom. The van der Waals surface area contributed by atoms with Gasteiger partial charge >= 0.3 is 6.03 Å². The van der Waals surface area contributed by atoms with E-state index in [1.54, 1.807) is 13.0 Å². The molecular formula is C27H21F3N4O2. The zero-order valence-corrected chi connectivity index (χ0v) is 19.4. The zero-order valence-electron chi connectivity index (χ0n) is 19.4. The minimum absolute atomic E-state index is 0.00431. The zero-order chi connectivity index (χ0) is 25.4. The van der Waals surface area contributed by atoms with Crippen molar-refractivity contribution in [2.75, 3.05) is 4.90 Å². The maximum atomic E-state index is 14.0. The molecule has 0 bridgehead atoms. The van der Waals surface area contributed by atoms with Gasteiger partial charge in [-0.1, -0.05) is 48.5 Å². The number of aromatic nitrogens is 2. The molecule has 0 saturated heterocycles. The quantitative estimate of drug-likeness (QED) is 0.351. The van der Waals surface area contributed by atoms with Crippen LogP contribution < -0.4 is 10.2 Å². The number of hydrogen-bond acceptors (Lipinski definition) is 4. The second-order valence-corrected chi connectivity index (χ2v) is 8.37. The smallest absolute Gasteiger partial charge is 0.327 e. The number of amides is 2. The molecule has 0 spiro atoms. The molecule has 182 valence electrons. The number of urea groups is 1. The Morgan fingerprint density at radius 3 is 2.36 bits per heavy atom. The standard InChI is InChI=1S/C27H21F3N4O2/c1-3-16-7-9-17(10-8-16)24-23(26-32-25(33-36-26)18-5-4-6-19(28)11-18)15(2)34(27(35)31-24)22-13-20(29)12-21(30)14-22/h4-14,24H,3H2,1-2H3,(H,31,35). The number of anilines is 1. The first-order valence-electron chi connectivity index (χ1n) is 11.3. The second kappa shape index (κ2) is 9.33. The van der Waals surface area contributed by atoms with Gasteiger partial charge in [-0.3, -0.25) is 4.90 Å². The summed E-state index contributed by atoms with van der Waals surface area (Å²) < 4.78 is 47.3. The molecule has 0 fully saturated rings. The number of rotatable bonds is 5. The van der Waals surface area contributed by atoms with Crippen molar-refractivity contribution >= 4 is 17.3 Å². The Hall–Kier alpha value is -4.40. The number of halogens is 3. The lowest BCUT2D eigenvalue weighted by Gasteiger charge is -2.35. The fourth-order valence-corrected chi connectivity index (χ4v) is 4.27. The summed E-state index contributed by atoms with van der Waals surface area (Å²) in [6, 6.07) is 15.0. The number of carbonyl (C=O) groups excluding carboxylic acids is 1. The van der Waals surface area contributed by atoms with E-state index in [4.69, 9.17) is 4.52 Å². The first kappa shape index (κ1) is 23.3. The summed E-state index contributed by atoms with van der Waals surface area (Å²) in [7, 11) is 0. The highest BCUT2D eigenvalue weighted by Crippen LogP contribution is 2.39. The molecule has 1 atom stereocenters. The van der Waals surface area contributed by atoms with Crippen LogP contribution in [0.5, 0.6) is 0 Å². The van der Waals surface area contributed by atoms with Gasteiger partial charge in [0.05, 0.1) is 17.3 Å². The molecular weight excluding hydrogens is 469 g/mol. The van der Waals surface area contributed by atoms with Crippen LogP contribution in [-0.4, -0.2) is 16.2 Å². The van der Waals surface area contributed by atoms with E-state index in [1.807, 2.05) is 31.2 Å². The number of aryl methyl sites for hydroxylation is 1. The average Bonchev–Trinajstić information content (AvgIpc) is 3.33. The number of carbonyl (C=O) groups is 1. The SMILES string of the molecule is CCc1ccc(C2NC(=O)N(c3cc(F)cc(F)c3)C(C)=C2c2nc(-c3cccc(F)c3)no2)cc1. The fraction of sp³-hybridized carbons (Fsp3) is 0.148. The van der Waals surface area contributed by atoms with E-state index in [9.17, 15) is 18.0 Å². The summed E-state index contributed by atoms with van der Waals surface area (Å²) in [6.07, 6.45) is 0.846. The van der Waals surface area contributed by atoms with Gasteiger partial charge < -0.3 is 9.84 Å². The fourth-order valence-electron chi connectivity index (χ4n) is 4.27. The second-order valence-electron chi connectivity index (χ2n) is 8.37. The van der Waals surface area contributed by atoms with Gasteiger partial charge in [-0.15, -0.1) is 0 Å². The predicted molar refractivity (Wildman–Crippen MR) is 128 cm³/mol. The van der Waals surface area contributed by atoms with Crippen molar-refractivity contribution in [3.8, 4) is 11.4 Å². The molecule has 2 heterocycles. The third-order valence-corrected chi connectivity index (χ3v) is 6.05. The number of nitrogens with zero attached hydrogens (tertiary/aromatic N) is 3. The number of nitrogens with one attached hydrogen (secondary N) is 1. The number of hydrogen-bond donors (Lipinski definition) is 1. The lowest BCUT2D eigenvalue weighted by atomic mass is 9.93. The van der Waals surface area contributed by atoms with Crippen molar-refractivity contribution in [2.45, 2.75) is 26.3 Å². The topological polar surface area (TPSA) is 71.3 Å². The van der Waals surface area contributed by atoms with Crippen LogP contribution in [0.15, 0.2) is 77.0 Å². The van der Waals surface area contributed by atoms with E-state index in [-0.39, 0.29) is 17.4 Å². The molecule has 5 rings (SSSR count). The minimum atomic E-state index is -0.824. The molecule has 1 aromatic heterocycles. The van der Waals surface area contributed by atoms with Gasteiger partial charge in [-0.05, 0) is 48.7 Å². The highest BCUT2D eigenvalue weighted by molar-refractivity contribution is 6.01. The van der Waals surface area contributed by atoms with E-state index in [1.165, 1.54) is 18.2 Å². The molecule has 2 amide bonds. The predicted octanol–water partition coefficient (Wildman–Crippen LogP) is 6.42. The van der Waals surface area contributed by atoms with E-state index < -0.39 is 29.5 Å². The van der Waals surface area contributed by atoms with Gasteiger partial charge in [0.1, 0.15) is 17.5 Å². The average molecular weight is 490 g/mol. The van der Waals surface area contributed by atoms with Crippen molar-refractivity contribution in [3.05, 3.63) is 107 Å². The van der Waals surface area contributed by atoms with E-state index >= 15 is 0 Å². The molecule has 0 saturated carbocycles. The molecule has 3 aromatic carbocycles. The molecule has 1 aliphatic rings. The number of benzene rings is 3. The van der Waals surface area contributed by atoms with Crippen LogP contribution in [-0.2, 0) is 6.42 Å². The molecule has 1 unspecified atom stereocenters. The van der Waals surface area contributed by atoms with Gasteiger partial charge in [0.25, 0.3) is 5.89 Å². The summed E-state index contributed by atoms with van der Waals surface area (Å²) >= 11 is 0. The molecule has 0 aliphatic carbocycles. The molecule has 1 N–H and O–H groups in total. The Kier molecular flexibility index (Phi) is 6.05. The van der Waals surface area contributed by atoms with Crippen LogP contribution in [0.25, 0.3) is 17.0 Å². The maximum Gasteiger partial charge on any atom is 0.327 e. The highest BCUT2D eigenvalue weighted by Gasteiger charge is 2.36. The van der Waals surface area contributed by atoms with Crippen LogP contribution in [0, 0.1) is 17.5 Å². The van der Waals surface area contributed by atoms with E-state index in [0.29, 0.717) is 16.8 Å². The van der Waals surface area contributed by atoms with Gasteiger partial charge in [0.2, 0.25) is 5.82 Å². The summed E-state index contributed by atoms with van der Waals surface area (Å²) in [6.45, 7) is 3.67. The largest absolute Gasteiger partial charge is 0.334 e. The van der Waals surface area contributed by atoms with E-state index in [0.717, 1.165) is 40.6 Å². The van der Waals surface area contributed by atoms with Crippen molar-refractivity contribution in [2.24, 2.45) is 0 Å². The van der Waals surface area contributed by atoms with Gasteiger partial charge in [-0.25, -0.2) is 18.0 Å². The third kappa shape index (κ3) is 4.35. The molecule has 0 radical (unpaired) electrons. The first-order valence-corrected chi connectivity index (χ1v) is 11.3. The van der Waals surface area contributed by atoms with Crippen molar-refractivity contribution < 1.29 is 22.5 Å². The molecule has 36 heavy (non-hydrogen) atoms. The van der Waals surface area contributed by atoms with Gasteiger partial charge in [0.15, 0.2) is 0 Å². The van der Waals surface area contributed by atoms with Gasteiger partial charge in [0, 0.05) is 17.3 Å². The van der Waals surface area contributed by atoms with Crippen molar-refractivity contribution in [3.63, 3.8) is 0 Å². The van der Waals surface area contributed by atoms with Crippen LogP contribution in [0.2, 0.25) is 0 Å². The van der Waals surface area contributed by atoms with Crippen LogP contribution in [0.3, 0.4) is 0 Å².